The van der Waals surface area contributed by atoms with Crippen LogP contribution in [0.1, 0.15) is 24.8 Å². The third-order valence-corrected chi connectivity index (χ3v) is 4.68. The Bertz CT molecular complexity index is 479. The van der Waals surface area contributed by atoms with Crippen molar-refractivity contribution in [1.29, 1.82) is 0 Å². The first kappa shape index (κ1) is 13.6. The van der Waals surface area contributed by atoms with Gasteiger partial charge in [0.1, 0.15) is 12.2 Å². The summed E-state index contributed by atoms with van der Waals surface area (Å²) in [7, 11) is 1.39. The van der Waals surface area contributed by atoms with Crippen LogP contribution in [0.2, 0.25) is 0 Å². The summed E-state index contributed by atoms with van der Waals surface area (Å²) < 4.78 is 19.0. The molecule has 2 aliphatic heterocycles. The summed E-state index contributed by atoms with van der Waals surface area (Å²) in [5.74, 6) is -0.505. The largest absolute Gasteiger partial charge is 0.468 e. The van der Waals surface area contributed by atoms with E-state index in [2.05, 4.69) is 4.90 Å². The Morgan fingerprint density at radius 3 is 2.75 bits per heavy atom. The van der Waals surface area contributed by atoms with E-state index in [4.69, 9.17) is 4.74 Å². The molecule has 2 heterocycles. The fourth-order valence-corrected chi connectivity index (χ4v) is 3.70. The molecule has 4 heteroatoms. The number of halogens is 1. The summed E-state index contributed by atoms with van der Waals surface area (Å²) >= 11 is 0. The molecule has 0 spiro atoms. The van der Waals surface area contributed by atoms with Gasteiger partial charge in [0, 0.05) is 18.5 Å². The lowest BCUT2D eigenvalue weighted by molar-refractivity contribution is -0.162. The Morgan fingerprint density at radius 1 is 1.35 bits per heavy atom. The predicted molar refractivity (Wildman–Crippen MR) is 73.8 cm³/mol. The van der Waals surface area contributed by atoms with E-state index in [1.807, 2.05) is 30.3 Å². The Morgan fingerprint density at radius 2 is 2.10 bits per heavy atom. The van der Waals surface area contributed by atoms with E-state index in [1.54, 1.807) is 0 Å². The van der Waals surface area contributed by atoms with Gasteiger partial charge in [0.25, 0.3) is 0 Å². The van der Waals surface area contributed by atoms with E-state index in [9.17, 15) is 9.18 Å². The summed E-state index contributed by atoms with van der Waals surface area (Å²) in [5.41, 5.74) is 1.16. The van der Waals surface area contributed by atoms with Crippen LogP contribution < -0.4 is 0 Å². The highest BCUT2D eigenvalue weighted by Gasteiger charge is 2.50. The first-order valence-corrected chi connectivity index (χ1v) is 7.22. The van der Waals surface area contributed by atoms with Gasteiger partial charge in [-0.05, 0) is 24.8 Å². The van der Waals surface area contributed by atoms with Gasteiger partial charge in [-0.2, -0.15) is 0 Å². The van der Waals surface area contributed by atoms with Crippen LogP contribution in [0.25, 0.3) is 0 Å². The van der Waals surface area contributed by atoms with Crippen molar-refractivity contribution in [3.05, 3.63) is 35.9 Å². The molecule has 1 saturated carbocycles. The lowest BCUT2D eigenvalue weighted by Gasteiger charge is -2.51. The van der Waals surface area contributed by atoms with Crippen molar-refractivity contribution in [3.8, 4) is 0 Å². The van der Waals surface area contributed by atoms with Crippen LogP contribution >= 0.6 is 0 Å². The van der Waals surface area contributed by atoms with Gasteiger partial charge in [0.15, 0.2) is 0 Å². The van der Waals surface area contributed by atoms with E-state index in [0.29, 0.717) is 13.0 Å². The normalized spacial score (nSPS) is 33.1. The first-order valence-electron chi connectivity index (χ1n) is 7.22. The van der Waals surface area contributed by atoms with Gasteiger partial charge in [-0.1, -0.05) is 30.3 Å². The number of hydrogen-bond donors (Lipinski definition) is 0. The van der Waals surface area contributed by atoms with Gasteiger partial charge < -0.3 is 4.74 Å². The molecule has 0 unspecified atom stereocenters. The number of carbonyl (C=O) groups excluding carboxylic acids is 1. The number of fused-ring (bicyclic) bond motifs is 3. The smallest absolute Gasteiger partial charge is 0.323 e. The zero-order valence-corrected chi connectivity index (χ0v) is 11.7. The number of piperidine rings is 2. The van der Waals surface area contributed by atoms with E-state index in [1.165, 1.54) is 7.11 Å². The standard InChI is InChI=1S/C16H20FNO2/c1-20-16(19)15-13-8-7-12(9-14(13)17)18(15)10-11-5-3-2-4-6-11/h2-6,12-15H,7-10H2,1H3/t12-,13-,14+,15+/m1/s1. The molecule has 108 valence electrons. The third-order valence-electron chi connectivity index (χ3n) is 4.68. The number of nitrogens with zero attached hydrogens (tertiary/aromatic N) is 1. The molecule has 3 fully saturated rings. The molecule has 1 aromatic rings. The van der Waals surface area contributed by atoms with E-state index in [-0.39, 0.29) is 17.9 Å². The van der Waals surface area contributed by atoms with Crippen molar-refractivity contribution in [1.82, 2.24) is 4.90 Å². The molecule has 3 aliphatic rings. The maximum absolute atomic E-state index is 14.1. The highest BCUT2D eigenvalue weighted by Crippen LogP contribution is 2.42. The topological polar surface area (TPSA) is 29.5 Å². The van der Waals surface area contributed by atoms with Crippen molar-refractivity contribution in [2.45, 2.75) is 44.1 Å². The number of rotatable bonds is 3. The second-order valence-corrected chi connectivity index (χ2v) is 5.77. The lowest BCUT2D eigenvalue weighted by atomic mass is 9.73. The van der Waals surface area contributed by atoms with Crippen LogP contribution in [0.4, 0.5) is 4.39 Å². The molecule has 1 aliphatic carbocycles. The van der Waals surface area contributed by atoms with Crippen molar-refractivity contribution < 1.29 is 13.9 Å². The van der Waals surface area contributed by atoms with E-state index >= 15 is 0 Å². The van der Waals surface area contributed by atoms with Crippen LogP contribution in [0, 0.1) is 5.92 Å². The average Bonchev–Trinajstić information content (AvgIpc) is 2.48. The molecule has 0 N–H and O–H groups in total. The predicted octanol–water partition coefficient (Wildman–Crippen LogP) is 2.55. The molecule has 2 saturated heterocycles. The van der Waals surface area contributed by atoms with Gasteiger partial charge in [-0.3, -0.25) is 9.69 Å². The molecule has 4 rings (SSSR count). The summed E-state index contributed by atoms with van der Waals surface area (Å²) in [6.07, 6.45) is 1.44. The van der Waals surface area contributed by atoms with Gasteiger partial charge >= 0.3 is 5.97 Å². The molecule has 0 aromatic heterocycles. The Hall–Kier alpha value is -1.42. The molecule has 0 amide bonds. The fourth-order valence-electron chi connectivity index (χ4n) is 3.70. The Labute approximate surface area is 118 Å². The third kappa shape index (κ3) is 2.33. The second kappa shape index (κ2) is 5.52. The van der Waals surface area contributed by atoms with Crippen LogP contribution in [0.3, 0.4) is 0 Å². The van der Waals surface area contributed by atoms with Gasteiger partial charge in [0.05, 0.1) is 7.11 Å². The first-order chi connectivity index (χ1) is 9.70. The summed E-state index contributed by atoms with van der Waals surface area (Å²) in [4.78, 5) is 14.2. The number of carbonyl (C=O) groups is 1. The van der Waals surface area contributed by atoms with Crippen molar-refractivity contribution >= 4 is 5.97 Å². The average molecular weight is 277 g/mol. The maximum atomic E-state index is 14.1. The Balaban J connectivity index is 1.85. The van der Waals surface area contributed by atoms with E-state index in [0.717, 1.165) is 18.4 Å². The highest BCUT2D eigenvalue weighted by atomic mass is 19.1. The molecular weight excluding hydrogens is 257 g/mol. The minimum atomic E-state index is -0.870. The molecule has 3 nitrogen and oxygen atoms in total. The lowest BCUT2D eigenvalue weighted by Crippen LogP contribution is -2.61. The number of alkyl halides is 1. The monoisotopic (exact) mass is 277 g/mol. The minimum absolute atomic E-state index is 0.152. The quantitative estimate of drug-likeness (QED) is 0.795. The highest BCUT2D eigenvalue weighted by molar-refractivity contribution is 5.76. The molecule has 20 heavy (non-hydrogen) atoms. The number of ether oxygens (including phenoxy) is 1. The number of methoxy groups -OCH3 is 1. The summed E-state index contributed by atoms with van der Waals surface area (Å²) in [6.45, 7) is 0.689. The molecular formula is C16H20FNO2. The zero-order chi connectivity index (χ0) is 14.1. The van der Waals surface area contributed by atoms with Crippen molar-refractivity contribution in [2.75, 3.05) is 7.11 Å². The van der Waals surface area contributed by atoms with E-state index < -0.39 is 12.2 Å². The molecule has 2 bridgehead atoms. The van der Waals surface area contributed by atoms with Crippen LogP contribution in [-0.4, -0.2) is 36.2 Å². The number of hydrogen-bond acceptors (Lipinski definition) is 3. The molecule has 0 radical (unpaired) electrons. The molecule has 1 aromatic carbocycles. The number of esters is 1. The maximum Gasteiger partial charge on any atom is 0.323 e. The van der Waals surface area contributed by atoms with Gasteiger partial charge in [0.2, 0.25) is 0 Å². The van der Waals surface area contributed by atoms with Crippen LogP contribution in [-0.2, 0) is 16.1 Å². The molecule has 4 atom stereocenters. The fraction of sp³-hybridized carbons (Fsp3) is 0.562. The van der Waals surface area contributed by atoms with Gasteiger partial charge in [-0.25, -0.2) is 4.39 Å². The van der Waals surface area contributed by atoms with Gasteiger partial charge in [-0.15, -0.1) is 0 Å². The second-order valence-electron chi connectivity index (χ2n) is 5.77. The summed E-state index contributed by atoms with van der Waals surface area (Å²) in [6, 6.07) is 9.77. The summed E-state index contributed by atoms with van der Waals surface area (Å²) in [5, 5.41) is 0. The van der Waals surface area contributed by atoms with Crippen LogP contribution in [0.5, 0.6) is 0 Å². The zero-order valence-electron chi connectivity index (χ0n) is 11.7. The Kier molecular flexibility index (Phi) is 3.74. The SMILES string of the molecule is COC(=O)[C@@H]1[C@@H]2CC[C@H](C[C@@H]2F)N1Cc1ccccc1. The number of benzene rings is 1. The minimum Gasteiger partial charge on any atom is -0.468 e. The van der Waals surface area contributed by atoms with Crippen LogP contribution in [0.15, 0.2) is 30.3 Å². The van der Waals surface area contributed by atoms with Crippen molar-refractivity contribution in [2.24, 2.45) is 5.92 Å². The van der Waals surface area contributed by atoms with Crippen molar-refractivity contribution in [3.63, 3.8) is 0 Å².